The van der Waals surface area contributed by atoms with Gasteiger partial charge in [-0.15, -0.1) is 0 Å². The molecule has 0 N–H and O–H groups in total. The van der Waals surface area contributed by atoms with Crippen LogP contribution in [-0.2, 0) is 15.0 Å². The summed E-state index contributed by atoms with van der Waals surface area (Å²) in [5.74, 6) is 0.440. The summed E-state index contributed by atoms with van der Waals surface area (Å²) in [6, 6.07) is 8.35. The smallest absolute Gasteiger partial charge is 0.202 e. The van der Waals surface area contributed by atoms with Gasteiger partial charge in [-0.25, -0.2) is 0 Å². The Hall–Kier alpha value is -1.48. The number of nitrogens with zero attached hydrogens (tertiary/aromatic N) is 1. The quantitative estimate of drug-likeness (QED) is 0.617. The summed E-state index contributed by atoms with van der Waals surface area (Å²) in [5, 5.41) is 0. The van der Waals surface area contributed by atoms with Crippen molar-refractivity contribution in [2.24, 2.45) is 5.92 Å². The lowest BCUT2D eigenvalue weighted by atomic mass is 9.73. The maximum Gasteiger partial charge on any atom is 0.202 e. The number of aldehydes is 1. The van der Waals surface area contributed by atoms with Crippen molar-refractivity contribution in [1.82, 2.24) is 4.90 Å². The van der Waals surface area contributed by atoms with Gasteiger partial charge in [-0.3, -0.25) is 9.59 Å². The highest BCUT2D eigenvalue weighted by Crippen LogP contribution is 2.51. The zero-order valence-electron chi connectivity index (χ0n) is 15.1. The van der Waals surface area contributed by atoms with Gasteiger partial charge in [0.15, 0.2) is 6.29 Å². The van der Waals surface area contributed by atoms with E-state index in [-0.39, 0.29) is 17.1 Å². The number of rotatable bonds is 4. The number of likely N-dealkylation sites (tertiary alicyclic amines) is 1. The molecule has 0 amide bonds. The molecule has 1 saturated heterocycles. The van der Waals surface area contributed by atoms with Gasteiger partial charge in [-0.05, 0) is 67.7 Å². The molecule has 1 heterocycles. The fourth-order valence-corrected chi connectivity index (χ4v) is 5.60. The fourth-order valence-electron chi connectivity index (χ4n) is 5.60. The van der Waals surface area contributed by atoms with Gasteiger partial charge in [-0.2, -0.15) is 0 Å². The number of hydrogen-bond acceptors (Lipinski definition) is 3. The molecule has 1 aromatic carbocycles. The van der Waals surface area contributed by atoms with Crippen LogP contribution in [0.3, 0.4) is 0 Å². The van der Waals surface area contributed by atoms with Crippen LogP contribution in [0.2, 0.25) is 0 Å². The molecule has 3 heteroatoms. The zero-order valence-corrected chi connectivity index (χ0v) is 15.1. The molecule has 1 saturated carbocycles. The molecule has 4 rings (SSSR count). The first-order valence-electron chi connectivity index (χ1n) is 10.0. The SMILES string of the molecule is O=CC(=O)C1CC2(CCN(CC3CCCCC3)CC2)c2ccccc21. The number of carbonyl (C=O) groups is 2. The van der Waals surface area contributed by atoms with E-state index in [4.69, 9.17) is 0 Å². The van der Waals surface area contributed by atoms with E-state index in [1.54, 1.807) is 0 Å². The average molecular weight is 339 g/mol. The highest BCUT2D eigenvalue weighted by Gasteiger charge is 2.47. The monoisotopic (exact) mass is 339 g/mol. The number of benzene rings is 1. The molecule has 0 aromatic heterocycles. The van der Waals surface area contributed by atoms with Gasteiger partial charge < -0.3 is 4.90 Å². The molecule has 134 valence electrons. The van der Waals surface area contributed by atoms with Gasteiger partial charge in [0.1, 0.15) is 0 Å². The number of Topliss-reactive ketones (excluding diaryl/α,β-unsaturated/α-hetero) is 1. The maximum atomic E-state index is 12.2. The Labute approximate surface area is 150 Å². The number of carbonyl (C=O) groups excluding carboxylic acids is 2. The van der Waals surface area contributed by atoms with Gasteiger partial charge in [0.2, 0.25) is 5.78 Å². The lowest BCUT2D eigenvalue weighted by Crippen LogP contribution is -2.43. The normalized spacial score (nSPS) is 26.5. The Morgan fingerprint density at radius 1 is 1.12 bits per heavy atom. The van der Waals surface area contributed by atoms with E-state index in [1.807, 2.05) is 6.07 Å². The summed E-state index contributed by atoms with van der Waals surface area (Å²) in [5.41, 5.74) is 2.57. The zero-order chi connectivity index (χ0) is 17.3. The summed E-state index contributed by atoms with van der Waals surface area (Å²) in [6.07, 6.45) is 10.7. The molecule has 1 unspecified atom stereocenters. The largest absolute Gasteiger partial charge is 0.303 e. The van der Waals surface area contributed by atoms with Crippen LogP contribution in [-0.4, -0.2) is 36.6 Å². The van der Waals surface area contributed by atoms with Crippen LogP contribution >= 0.6 is 0 Å². The third kappa shape index (κ3) is 3.19. The van der Waals surface area contributed by atoms with Crippen LogP contribution in [0.4, 0.5) is 0 Å². The lowest BCUT2D eigenvalue weighted by Gasteiger charge is -2.42. The second-order valence-electron chi connectivity index (χ2n) is 8.45. The maximum absolute atomic E-state index is 12.2. The van der Waals surface area contributed by atoms with Gasteiger partial charge in [0.05, 0.1) is 5.92 Å². The third-order valence-electron chi connectivity index (χ3n) is 7.02. The van der Waals surface area contributed by atoms with Gasteiger partial charge >= 0.3 is 0 Å². The molecule has 2 aliphatic carbocycles. The average Bonchev–Trinajstić information content (AvgIpc) is 2.99. The van der Waals surface area contributed by atoms with E-state index in [0.29, 0.717) is 6.29 Å². The molecule has 3 nitrogen and oxygen atoms in total. The number of piperidine rings is 1. The third-order valence-corrected chi connectivity index (χ3v) is 7.02. The van der Waals surface area contributed by atoms with Crippen LogP contribution in [0.5, 0.6) is 0 Å². The summed E-state index contributed by atoms with van der Waals surface area (Å²) >= 11 is 0. The first-order chi connectivity index (χ1) is 12.2. The van der Waals surface area contributed by atoms with Crippen LogP contribution in [0.25, 0.3) is 0 Å². The highest BCUT2D eigenvalue weighted by atomic mass is 16.2. The minimum Gasteiger partial charge on any atom is -0.303 e. The topological polar surface area (TPSA) is 37.4 Å². The van der Waals surface area contributed by atoms with Crippen molar-refractivity contribution in [2.45, 2.75) is 62.7 Å². The number of hydrogen-bond donors (Lipinski definition) is 0. The first-order valence-corrected chi connectivity index (χ1v) is 10.0. The van der Waals surface area contributed by atoms with Gasteiger partial charge in [0.25, 0.3) is 0 Å². The molecular weight excluding hydrogens is 310 g/mol. The molecule has 1 atom stereocenters. The van der Waals surface area contributed by atoms with Crippen LogP contribution in [0.15, 0.2) is 24.3 Å². The summed E-state index contributed by atoms with van der Waals surface area (Å²) in [6.45, 7) is 3.52. The number of ketones is 1. The second-order valence-corrected chi connectivity index (χ2v) is 8.45. The Morgan fingerprint density at radius 3 is 2.56 bits per heavy atom. The molecule has 25 heavy (non-hydrogen) atoms. The van der Waals surface area contributed by atoms with E-state index in [2.05, 4.69) is 23.1 Å². The van der Waals surface area contributed by atoms with Crippen molar-refractivity contribution in [1.29, 1.82) is 0 Å². The van der Waals surface area contributed by atoms with Crippen LogP contribution in [0.1, 0.15) is 68.4 Å². The molecule has 0 bridgehead atoms. The van der Waals surface area contributed by atoms with Crippen molar-refractivity contribution in [3.05, 3.63) is 35.4 Å². The fraction of sp³-hybridized carbons (Fsp3) is 0.636. The summed E-state index contributed by atoms with van der Waals surface area (Å²) < 4.78 is 0. The highest BCUT2D eigenvalue weighted by molar-refractivity contribution is 6.28. The predicted octanol–water partition coefficient (Wildman–Crippen LogP) is 3.86. The van der Waals surface area contributed by atoms with Crippen molar-refractivity contribution >= 4 is 12.1 Å². The standard InChI is InChI=1S/C22H29NO2/c24-16-21(25)19-14-22(20-9-5-4-8-18(19)20)10-12-23(13-11-22)15-17-6-2-1-3-7-17/h4-5,8-9,16-17,19H,1-3,6-7,10-15H2. The van der Waals surface area contributed by atoms with Crippen molar-refractivity contribution in [3.63, 3.8) is 0 Å². The number of fused-ring (bicyclic) bond motifs is 2. The van der Waals surface area contributed by atoms with Crippen LogP contribution in [0, 0.1) is 5.92 Å². The molecule has 1 aliphatic heterocycles. The van der Waals surface area contributed by atoms with E-state index in [1.165, 1.54) is 44.2 Å². The summed E-state index contributed by atoms with van der Waals surface area (Å²) in [4.78, 5) is 25.9. The van der Waals surface area contributed by atoms with Gasteiger partial charge in [0, 0.05) is 6.54 Å². The van der Waals surface area contributed by atoms with E-state index in [9.17, 15) is 9.59 Å². The Kier molecular flexibility index (Phi) is 4.77. The van der Waals surface area contributed by atoms with Crippen molar-refractivity contribution < 1.29 is 9.59 Å². The van der Waals surface area contributed by atoms with E-state index >= 15 is 0 Å². The second kappa shape index (κ2) is 7.03. The molecule has 1 aromatic rings. The Bertz CT molecular complexity index is 639. The van der Waals surface area contributed by atoms with Crippen molar-refractivity contribution in [3.8, 4) is 0 Å². The minimum atomic E-state index is -0.242. The molecule has 0 radical (unpaired) electrons. The Morgan fingerprint density at radius 2 is 1.84 bits per heavy atom. The molecule has 3 aliphatic rings. The molecular formula is C22H29NO2. The molecule has 1 spiro atoms. The molecule has 2 fully saturated rings. The van der Waals surface area contributed by atoms with E-state index < -0.39 is 0 Å². The van der Waals surface area contributed by atoms with E-state index in [0.717, 1.165) is 43.8 Å². The predicted molar refractivity (Wildman–Crippen MR) is 98.8 cm³/mol. The lowest BCUT2D eigenvalue weighted by molar-refractivity contribution is -0.131. The van der Waals surface area contributed by atoms with Crippen molar-refractivity contribution in [2.75, 3.05) is 19.6 Å². The minimum absolute atomic E-state index is 0.114. The Balaban J connectivity index is 1.47. The summed E-state index contributed by atoms with van der Waals surface area (Å²) in [7, 11) is 0. The van der Waals surface area contributed by atoms with Crippen LogP contribution < -0.4 is 0 Å². The first kappa shape index (κ1) is 17.0. The van der Waals surface area contributed by atoms with Gasteiger partial charge in [-0.1, -0.05) is 43.5 Å².